The number of nitro benzene ring substituents is 1. The molecule has 116 valence electrons. The van der Waals surface area contributed by atoms with Crippen molar-refractivity contribution < 1.29 is 14.1 Å². The molecule has 0 aliphatic heterocycles. The fourth-order valence-electron chi connectivity index (χ4n) is 2.13. The first-order valence-electron chi connectivity index (χ1n) is 6.49. The summed E-state index contributed by atoms with van der Waals surface area (Å²) in [6.07, 6.45) is 0. The van der Waals surface area contributed by atoms with Crippen molar-refractivity contribution in [1.29, 1.82) is 0 Å². The number of hydrogen-bond donors (Lipinski definition) is 1. The Balaban J connectivity index is 2.73. The minimum Gasteiger partial charge on any atom is -0.351 e. The Labute approximate surface area is 123 Å². The highest BCUT2D eigenvalue weighted by atomic mass is 19.1. The predicted octanol–water partition coefficient (Wildman–Crippen LogP) is 2.05. The highest BCUT2D eigenvalue weighted by Crippen LogP contribution is 2.18. The van der Waals surface area contributed by atoms with Crippen molar-refractivity contribution in [2.75, 3.05) is 27.2 Å². The summed E-state index contributed by atoms with van der Waals surface area (Å²) in [6.45, 7) is 5.21. The number of carbonyl (C=O) groups is 1. The second kappa shape index (κ2) is 6.62. The number of carbonyl (C=O) groups excluding carboxylic acids is 1. The smallest absolute Gasteiger partial charge is 0.304 e. The molecule has 0 saturated carbocycles. The van der Waals surface area contributed by atoms with Crippen molar-refractivity contribution in [3.8, 4) is 0 Å². The highest BCUT2D eigenvalue weighted by molar-refractivity contribution is 5.94. The third-order valence-electron chi connectivity index (χ3n) is 2.88. The molecule has 0 aromatic heterocycles. The molecule has 21 heavy (non-hydrogen) atoms. The topological polar surface area (TPSA) is 75.5 Å². The van der Waals surface area contributed by atoms with Gasteiger partial charge in [0.1, 0.15) is 0 Å². The summed E-state index contributed by atoms with van der Waals surface area (Å²) >= 11 is 0. The van der Waals surface area contributed by atoms with Crippen LogP contribution >= 0.6 is 0 Å². The van der Waals surface area contributed by atoms with E-state index in [0.29, 0.717) is 6.54 Å². The van der Waals surface area contributed by atoms with E-state index in [2.05, 4.69) is 5.32 Å². The lowest BCUT2D eigenvalue weighted by atomic mass is 9.93. The lowest BCUT2D eigenvalue weighted by Crippen LogP contribution is -2.40. The Morgan fingerprint density at radius 3 is 2.52 bits per heavy atom. The molecular formula is C14H20FN3O3. The van der Waals surface area contributed by atoms with Crippen LogP contribution in [0, 0.1) is 21.3 Å². The molecule has 1 rings (SSSR count). The molecule has 0 radical (unpaired) electrons. The van der Waals surface area contributed by atoms with Crippen molar-refractivity contribution in [3.63, 3.8) is 0 Å². The van der Waals surface area contributed by atoms with Crippen LogP contribution < -0.4 is 5.32 Å². The van der Waals surface area contributed by atoms with Gasteiger partial charge in [0.05, 0.1) is 4.92 Å². The lowest BCUT2D eigenvalue weighted by Gasteiger charge is -2.28. The standard InChI is InChI=1S/C14H20FN3O3/c1-14(2,9-17(3)4)8-16-13(19)10-5-6-12(18(20)21)11(15)7-10/h5-7H,8-9H2,1-4H3,(H,16,19). The first kappa shape index (κ1) is 17.0. The molecular weight excluding hydrogens is 277 g/mol. The van der Waals surface area contributed by atoms with Gasteiger partial charge in [0, 0.05) is 24.7 Å². The molecule has 0 unspecified atom stereocenters. The first-order chi connectivity index (χ1) is 9.62. The SMILES string of the molecule is CN(C)CC(C)(C)CNC(=O)c1ccc([N+](=O)[O-])c(F)c1. The van der Waals surface area contributed by atoms with Crippen molar-refractivity contribution in [3.05, 3.63) is 39.7 Å². The monoisotopic (exact) mass is 297 g/mol. The minimum atomic E-state index is -1.01. The number of nitrogens with zero attached hydrogens (tertiary/aromatic N) is 2. The Morgan fingerprint density at radius 1 is 1.43 bits per heavy atom. The average molecular weight is 297 g/mol. The maximum atomic E-state index is 13.5. The van der Waals surface area contributed by atoms with Crippen LogP contribution in [0.15, 0.2) is 18.2 Å². The number of rotatable bonds is 6. The van der Waals surface area contributed by atoms with E-state index in [1.165, 1.54) is 6.07 Å². The molecule has 6 nitrogen and oxygen atoms in total. The van der Waals surface area contributed by atoms with E-state index in [1.807, 2.05) is 32.8 Å². The van der Waals surface area contributed by atoms with Gasteiger partial charge < -0.3 is 10.2 Å². The predicted molar refractivity (Wildman–Crippen MR) is 77.7 cm³/mol. The Bertz CT molecular complexity index is 544. The third-order valence-corrected chi connectivity index (χ3v) is 2.88. The lowest BCUT2D eigenvalue weighted by molar-refractivity contribution is -0.387. The molecule has 0 saturated heterocycles. The van der Waals surface area contributed by atoms with Gasteiger partial charge in [0.2, 0.25) is 5.82 Å². The van der Waals surface area contributed by atoms with E-state index in [-0.39, 0.29) is 11.0 Å². The van der Waals surface area contributed by atoms with Crippen LogP contribution in [0.3, 0.4) is 0 Å². The maximum Gasteiger partial charge on any atom is 0.304 e. The van der Waals surface area contributed by atoms with Gasteiger partial charge in [-0.15, -0.1) is 0 Å². The summed E-state index contributed by atoms with van der Waals surface area (Å²) in [5, 5.41) is 13.2. The number of nitrogens with one attached hydrogen (secondary N) is 1. The van der Waals surface area contributed by atoms with Crippen LogP contribution in [0.4, 0.5) is 10.1 Å². The summed E-state index contributed by atoms with van der Waals surface area (Å²) in [6, 6.07) is 3.12. The van der Waals surface area contributed by atoms with Crippen LogP contribution in [0.2, 0.25) is 0 Å². The molecule has 0 heterocycles. The summed E-state index contributed by atoms with van der Waals surface area (Å²) in [7, 11) is 3.88. The number of hydrogen-bond acceptors (Lipinski definition) is 4. The molecule has 0 aliphatic carbocycles. The molecule has 0 fully saturated rings. The molecule has 1 aromatic rings. The quantitative estimate of drug-likeness (QED) is 0.644. The first-order valence-corrected chi connectivity index (χ1v) is 6.49. The van der Waals surface area contributed by atoms with E-state index in [1.54, 1.807) is 0 Å². The maximum absolute atomic E-state index is 13.5. The van der Waals surface area contributed by atoms with E-state index < -0.39 is 22.3 Å². The minimum absolute atomic E-state index is 0.0683. The van der Waals surface area contributed by atoms with E-state index in [0.717, 1.165) is 18.7 Å². The number of halogens is 1. The van der Waals surface area contributed by atoms with Crippen molar-refractivity contribution >= 4 is 11.6 Å². The van der Waals surface area contributed by atoms with Crippen molar-refractivity contribution in [2.24, 2.45) is 5.41 Å². The van der Waals surface area contributed by atoms with E-state index in [9.17, 15) is 19.3 Å². The van der Waals surface area contributed by atoms with Crippen LogP contribution in [-0.4, -0.2) is 42.9 Å². The van der Waals surface area contributed by atoms with Crippen LogP contribution in [0.5, 0.6) is 0 Å². The van der Waals surface area contributed by atoms with Crippen LogP contribution in [0.25, 0.3) is 0 Å². The van der Waals surface area contributed by atoms with Crippen molar-refractivity contribution in [1.82, 2.24) is 10.2 Å². The second-order valence-corrected chi connectivity index (χ2v) is 6.01. The average Bonchev–Trinajstić information content (AvgIpc) is 2.33. The second-order valence-electron chi connectivity index (χ2n) is 6.01. The highest BCUT2D eigenvalue weighted by Gasteiger charge is 2.21. The van der Waals surface area contributed by atoms with Crippen LogP contribution in [0.1, 0.15) is 24.2 Å². The molecule has 0 atom stereocenters. The fraction of sp³-hybridized carbons (Fsp3) is 0.500. The number of nitro groups is 1. The Morgan fingerprint density at radius 2 is 2.05 bits per heavy atom. The van der Waals surface area contributed by atoms with Gasteiger partial charge in [-0.2, -0.15) is 4.39 Å². The molecule has 1 N–H and O–H groups in total. The Hall–Kier alpha value is -2.02. The zero-order chi connectivity index (χ0) is 16.2. The zero-order valence-corrected chi connectivity index (χ0v) is 12.6. The van der Waals surface area contributed by atoms with Gasteiger partial charge in [0.15, 0.2) is 0 Å². The van der Waals surface area contributed by atoms with Crippen LogP contribution in [-0.2, 0) is 0 Å². The molecule has 0 bridgehead atoms. The summed E-state index contributed by atoms with van der Waals surface area (Å²) in [4.78, 5) is 23.7. The third kappa shape index (κ3) is 5.11. The molecule has 7 heteroatoms. The number of benzene rings is 1. The van der Waals surface area contributed by atoms with Gasteiger partial charge in [-0.25, -0.2) is 0 Å². The molecule has 0 spiro atoms. The van der Waals surface area contributed by atoms with Gasteiger partial charge in [-0.3, -0.25) is 14.9 Å². The Kier molecular flexibility index (Phi) is 5.37. The van der Waals surface area contributed by atoms with Gasteiger partial charge in [0.25, 0.3) is 5.91 Å². The normalized spacial score (nSPS) is 11.5. The molecule has 0 aliphatic rings. The van der Waals surface area contributed by atoms with Gasteiger partial charge in [-0.1, -0.05) is 13.8 Å². The zero-order valence-electron chi connectivity index (χ0n) is 12.6. The molecule has 1 amide bonds. The summed E-state index contributed by atoms with van der Waals surface area (Å²) in [5.41, 5.74) is -0.711. The van der Waals surface area contributed by atoms with Gasteiger partial charge in [-0.05, 0) is 31.6 Å². The largest absolute Gasteiger partial charge is 0.351 e. The van der Waals surface area contributed by atoms with E-state index in [4.69, 9.17) is 0 Å². The molecule has 1 aromatic carbocycles. The van der Waals surface area contributed by atoms with Crippen molar-refractivity contribution in [2.45, 2.75) is 13.8 Å². The number of amides is 1. The summed E-state index contributed by atoms with van der Waals surface area (Å²) in [5.74, 6) is -1.46. The van der Waals surface area contributed by atoms with Gasteiger partial charge >= 0.3 is 5.69 Å². The summed E-state index contributed by atoms with van der Waals surface area (Å²) < 4.78 is 13.5. The fourth-order valence-corrected chi connectivity index (χ4v) is 2.13. The van der Waals surface area contributed by atoms with E-state index >= 15 is 0 Å².